The van der Waals surface area contributed by atoms with Gasteiger partial charge in [-0.3, -0.25) is 4.57 Å². The fourth-order valence-electron chi connectivity index (χ4n) is 2.93. The summed E-state index contributed by atoms with van der Waals surface area (Å²) in [4.78, 5) is 0. The van der Waals surface area contributed by atoms with Crippen LogP contribution in [0, 0.1) is 0 Å². The summed E-state index contributed by atoms with van der Waals surface area (Å²) >= 11 is 19.7. The number of methoxy groups -OCH3 is 1. The Morgan fingerprint density at radius 1 is 0.844 bits per heavy atom. The Bertz CT molecular complexity index is 1200. The van der Waals surface area contributed by atoms with Gasteiger partial charge < -0.3 is 9.47 Å². The molecule has 4 rings (SSSR count). The minimum absolute atomic E-state index is 0.244. The van der Waals surface area contributed by atoms with Crippen molar-refractivity contribution in [2.24, 2.45) is 0 Å². The van der Waals surface area contributed by atoms with Crippen molar-refractivity contribution in [2.45, 2.75) is 17.5 Å². The molecular weight excluding hydrogens is 489 g/mol. The molecule has 0 radical (unpaired) electrons. The number of thioether (sulfide) groups is 1. The molecule has 0 bridgehead atoms. The molecule has 0 spiro atoms. The summed E-state index contributed by atoms with van der Waals surface area (Å²) in [5.41, 5.74) is 1.94. The van der Waals surface area contributed by atoms with Crippen molar-refractivity contribution in [1.82, 2.24) is 14.8 Å². The van der Waals surface area contributed by atoms with Gasteiger partial charge in [0.05, 0.1) is 17.2 Å². The maximum atomic E-state index is 6.15. The monoisotopic (exact) mass is 505 g/mol. The van der Waals surface area contributed by atoms with Crippen LogP contribution in [-0.4, -0.2) is 21.9 Å². The topological polar surface area (TPSA) is 49.2 Å². The molecule has 32 heavy (non-hydrogen) atoms. The standard InChI is InChI=1S/C23H18Cl3N3O2S/c1-30-18-9-5-17(6-10-18)29-22(13-31-19-7-3-16(24)4-8-19)27-28-23(29)32-14-15-2-11-20(25)21(26)12-15/h2-12H,13-14H2,1H3. The number of ether oxygens (including phenoxy) is 2. The number of nitrogens with zero attached hydrogens (tertiary/aromatic N) is 3. The average molecular weight is 507 g/mol. The molecule has 1 heterocycles. The second-order valence-electron chi connectivity index (χ2n) is 6.71. The van der Waals surface area contributed by atoms with Crippen molar-refractivity contribution < 1.29 is 9.47 Å². The fraction of sp³-hybridized carbons (Fsp3) is 0.130. The third kappa shape index (κ3) is 5.51. The van der Waals surface area contributed by atoms with Gasteiger partial charge in [-0.2, -0.15) is 0 Å². The molecule has 164 valence electrons. The smallest absolute Gasteiger partial charge is 0.196 e. The summed E-state index contributed by atoms with van der Waals surface area (Å²) in [5, 5.41) is 11.2. The predicted molar refractivity (Wildman–Crippen MR) is 130 cm³/mol. The van der Waals surface area contributed by atoms with E-state index >= 15 is 0 Å². The quantitative estimate of drug-likeness (QED) is 0.238. The lowest BCUT2D eigenvalue weighted by Crippen LogP contribution is -2.06. The van der Waals surface area contributed by atoms with Gasteiger partial charge in [0, 0.05) is 16.5 Å². The van der Waals surface area contributed by atoms with Gasteiger partial charge in [0.1, 0.15) is 18.1 Å². The number of hydrogen-bond donors (Lipinski definition) is 0. The Balaban J connectivity index is 1.59. The first-order valence-corrected chi connectivity index (χ1v) is 11.7. The molecule has 0 atom stereocenters. The van der Waals surface area contributed by atoms with Crippen LogP contribution >= 0.6 is 46.6 Å². The van der Waals surface area contributed by atoms with Gasteiger partial charge in [-0.15, -0.1) is 10.2 Å². The van der Waals surface area contributed by atoms with Crippen LogP contribution in [0.5, 0.6) is 11.5 Å². The highest BCUT2D eigenvalue weighted by molar-refractivity contribution is 7.98. The third-order valence-corrected chi connectivity index (χ3v) is 6.56. The molecule has 5 nitrogen and oxygen atoms in total. The average Bonchev–Trinajstić information content (AvgIpc) is 3.22. The van der Waals surface area contributed by atoms with E-state index in [2.05, 4.69) is 10.2 Å². The van der Waals surface area contributed by atoms with Gasteiger partial charge in [0.25, 0.3) is 0 Å². The number of halogens is 3. The van der Waals surface area contributed by atoms with Crippen LogP contribution in [-0.2, 0) is 12.4 Å². The normalized spacial score (nSPS) is 10.9. The van der Waals surface area contributed by atoms with E-state index in [0.717, 1.165) is 22.2 Å². The minimum Gasteiger partial charge on any atom is -0.497 e. The van der Waals surface area contributed by atoms with Crippen molar-refractivity contribution in [2.75, 3.05) is 7.11 Å². The van der Waals surface area contributed by atoms with Gasteiger partial charge in [0.15, 0.2) is 11.0 Å². The van der Waals surface area contributed by atoms with Gasteiger partial charge in [-0.25, -0.2) is 0 Å². The van der Waals surface area contributed by atoms with Gasteiger partial charge in [-0.1, -0.05) is 52.6 Å². The van der Waals surface area contributed by atoms with E-state index in [4.69, 9.17) is 44.3 Å². The third-order valence-electron chi connectivity index (χ3n) is 4.56. The van der Waals surface area contributed by atoms with E-state index in [1.807, 2.05) is 53.1 Å². The zero-order valence-electron chi connectivity index (χ0n) is 17.0. The molecule has 0 N–H and O–H groups in total. The number of hydrogen-bond acceptors (Lipinski definition) is 5. The zero-order valence-corrected chi connectivity index (χ0v) is 20.0. The summed E-state index contributed by atoms with van der Waals surface area (Å²) in [6.45, 7) is 0.244. The molecule has 3 aromatic carbocycles. The summed E-state index contributed by atoms with van der Waals surface area (Å²) in [7, 11) is 1.64. The molecule has 0 saturated carbocycles. The molecule has 0 amide bonds. The van der Waals surface area contributed by atoms with Gasteiger partial charge in [-0.05, 0) is 66.2 Å². The van der Waals surface area contributed by atoms with Crippen molar-refractivity contribution in [3.63, 3.8) is 0 Å². The van der Waals surface area contributed by atoms with Gasteiger partial charge >= 0.3 is 0 Å². The first kappa shape index (κ1) is 22.8. The Kier molecular flexibility index (Phi) is 7.48. The van der Waals surface area contributed by atoms with E-state index in [9.17, 15) is 0 Å². The van der Waals surface area contributed by atoms with Crippen LogP contribution in [0.15, 0.2) is 71.9 Å². The molecule has 9 heteroatoms. The highest BCUT2D eigenvalue weighted by Crippen LogP contribution is 2.29. The Morgan fingerprint density at radius 3 is 2.25 bits per heavy atom. The van der Waals surface area contributed by atoms with E-state index in [1.165, 1.54) is 0 Å². The molecule has 1 aromatic heterocycles. The van der Waals surface area contributed by atoms with Crippen LogP contribution in [0.25, 0.3) is 5.69 Å². The molecule has 4 aromatic rings. The molecule has 0 aliphatic carbocycles. The Hall–Kier alpha value is -2.38. The van der Waals surface area contributed by atoms with Crippen LogP contribution in [0.3, 0.4) is 0 Å². The molecule has 0 aliphatic rings. The summed E-state index contributed by atoms with van der Waals surface area (Å²) in [6.07, 6.45) is 0. The van der Waals surface area contributed by atoms with Crippen molar-refractivity contribution in [1.29, 1.82) is 0 Å². The molecule has 0 fully saturated rings. The van der Waals surface area contributed by atoms with Gasteiger partial charge in [0.2, 0.25) is 0 Å². The fourth-order valence-corrected chi connectivity index (χ4v) is 4.29. The molecule has 0 unspecified atom stereocenters. The second kappa shape index (κ2) is 10.5. The Morgan fingerprint density at radius 2 is 1.56 bits per heavy atom. The lowest BCUT2D eigenvalue weighted by atomic mass is 10.2. The van der Waals surface area contributed by atoms with E-state index in [-0.39, 0.29) is 6.61 Å². The maximum Gasteiger partial charge on any atom is 0.196 e. The largest absolute Gasteiger partial charge is 0.497 e. The van der Waals surface area contributed by atoms with Crippen LogP contribution in [0.1, 0.15) is 11.4 Å². The summed E-state index contributed by atoms with van der Waals surface area (Å²) in [5.74, 6) is 2.79. The lowest BCUT2D eigenvalue weighted by Gasteiger charge is -2.12. The van der Waals surface area contributed by atoms with E-state index < -0.39 is 0 Å². The summed E-state index contributed by atoms with van der Waals surface area (Å²) < 4.78 is 13.2. The van der Waals surface area contributed by atoms with Crippen molar-refractivity contribution >= 4 is 46.6 Å². The molecule has 0 aliphatic heterocycles. The van der Waals surface area contributed by atoms with Crippen molar-refractivity contribution in [3.8, 4) is 17.2 Å². The van der Waals surface area contributed by atoms with Crippen molar-refractivity contribution in [3.05, 3.63) is 93.2 Å². The number of aromatic nitrogens is 3. The highest BCUT2D eigenvalue weighted by atomic mass is 35.5. The second-order valence-corrected chi connectivity index (χ2v) is 8.91. The predicted octanol–water partition coefficient (Wildman–Crippen LogP) is 7.11. The van der Waals surface area contributed by atoms with Crippen LogP contribution in [0.4, 0.5) is 0 Å². The summed E-state index contributed by atoms with van der Waals surface area (Å²) in [6, 6.07) is 20.5. The van der Waals surface area contributed by atoms with Crippen LogP contribution < -0.4 is 9.47 Å². The highest BCUT2D eigenvalue weighted by Gasteiger charge is 2.16. The van der Waals surface area contributed by atoms with E-state index in [0.29, 0.717) is 32.4 Å². The first-order valence-electron chi connectivity index (χ1n) is 9.57. The zero-order chi connectivity index (χ0) is 22.5. The first-order chi connectivity index (χ1) is 15.5. The Labute approximate surface area is 205 Å². The minimum atomic E-state index is 0.244. The number of rotatable bonds is 8. The number of benzene rings is 3. The van der Waals surface area contributed by atoms with E-state index in [1.54, 1.807) is 37.1 Å². The van der Waals surface area contributed by atoms with Crippen LogP contribution in [0.2, 0.25) is 15.1 Å². The molecular formula is C23H18Cl3N3O2S. The lowest BCUT2D eigenvalue weighted by molar-refractivity contribution is 0.293. The maximum absolute atomic E-state index is 6.15. The SMILES string of the molecule is COc1ccc(-n2c(COc3ccc(Cl)cc3)nnc2SCc2ccc(Cl)c(Cl)c2)cc1. The molecule has 0 saturated heterocycles.